The largest absolute Gasteiger partial charge is 0.465 e. The Morgan fingerprint density at radius 2 is 2.02 bits per heavy atom. The Morgan fingerprint density at radius 1 is 1.22 bits per heavy atom. The van der Waals surface area contributed by atoms with Crippen LogP contribution in [0.15, 0.2) is 12.4 Å². The third-order valence-electron chi connectivity index (χ3n) is 7.43. The number of fused-ring (bicyclic) bond motifs is 1. The maximum absolute atomic E-state index is 14.3. The molecule has 0 aliphatic carbocycles. The molecular weight excluding hydrogens is 555 g/mol. The molecule has 11 nitrogen and oxygen atoms in total. The van der Waals surface area contributed by atoms with E-state index in [0.717, 1.165) is 11.1 Å². The van der Waals surface area contributed by atoms with Crippen LogP contribution in [-0.2, 0) is 19.1 Å². The molecule has 2 saturated heterocycles. The topological polar surface area (TPSA) is 131 Å². The first kappa shape index (κ1) is 28.5. The second kappa shape index (κ2) is 11.5. The average Bonchev–Trinajstić information content (AvgIpc) is 3.31. The minimum absolute atomic E-state index is 0.0572. The minimum atomic E-state index is -4.95. The lowest BCUT2D eigenvalue weighted by Crippen LogP contribution is -2.51. The molecule has 2 aromatic rings. The third kappa shape index (κ3) is 6.04. The number of hydrogen-bond acceptors (Lipinski definition) is 9. The number of carbonyl (C=O) groups is 1. The van der Waals surface area contributed by atoms with Gasteiger partial charge in [-0.3, -0.25) is 9.88 Å². The fourth-order valence-corrected chi connectivity index (χ4v) is 5.55. The van der Waals surface area contributed by atoms with Gasteiger partial charge in [0.15, 0.2) is 5.82 Å². The zero-order valence-electron chi connectivity index (χ0n) is 21.7. The molecule has 3 aliphatic rings. The zero-order valence-corrected chi connectivity index (χ0v) is 21.7. The number of carboxylic acid groups (broad SMARTS) is 1. The highest BCUT2D eigenvalue weighted by molar-refractivity contribution is 5.66. The van der Waals surface area contributed by atoms with Gasteiger partial charge in [0.2, 0.25) is 0 Å². The summed E-state index contributed by atoms with van der Waals surface area (Å²) in [7, 11) is 0. The summed E-state index contributed by atoms with van der Waals surface area (Å²) in [6.45, 7) is 1.01. The molecular formula is C25H27F5N8O3. The normalized spacial score (nSPS) is 22.8. The highest BCUT2D eigenvalue weighted by atomic mass is 19.4. The number of nitriles is 1. The monoisotopic (exact) mass is 582 g/mol. The van der Waals surface area contributed by atoms with Crippen molar-refractivity contribution in [3.63, 3.8) is 0 Å². The highest BCUT2D eigenvalue weighted by Gasteiger charge is 2.40. The molecule has 2 unspecified atom stereocenters. The second-order valence-corrected chi connectivity index (χ2v) is 10.1. The molecule has 2 N–H and O–H groups in total. The van der Waals surface area contributed by atoms with E-state index in [4.69, 9.17) is 10.00 Å². The number of nitrogens with zero attached hydrogens (tertiary/aromatic N) is 7. The number of aromatic nitrogens is 3. The van der Waals surface area contributed by atoms with Gasteiger partial charge in [-0.1, -0.05) is 0 Å². The summed E-state index contributed by atoms with van der Waals surface area (Å²) in [5, 5.41) is 21.8. The van der Waals surface area contributed by atoms with Crippen molar-refractivity contribution >= 4 is 17.6 Å². The number of hydrogen-bond donors (Lipinski definition) is 2. The molecule has 5 heterocycles. The molecule has 16 heteroatoms. The maximum Gasteiger partial charge on any atom is 0.421 e. The fraction of sp³-hybridized carbons (Fsp3) is 0.560. The Labute approximate surface area is 231 Å². The van der Waals surface area contributed by atoms with Crippen molar-refractivity contribution in [3.8, 4) is 12.1 Å². The molecule has 41 heavy (non-hydrogen) atoms. The zero-order chi connectivity index (χ0) is 29.3. The van der Waals surface area contributed by atoms with Crippen molar-refractivity contribution in [2.75, 3.05) is 49.1 Å². The van der Waals surface area contributed by atoms with E-state index < -0.39 is 41.6 Å². The van der Waals surface area contributed by atoms with Crippen LogP contribution in [0.3, 0.4) is 0 Å². The summed E-state index contributed by atoms with van der Waals surface area (Å²) in [5.41, 5.74) is -0.798. The standard InChI is InChI=1S/C25H27F5N8O3/c26-14-7-16(38(10-14)24(39)40)13-41-23-34-19-12-36(20-9-32-8-18(27)21(20)25(28,29)30)5-2-17(19)22(35-23)37-6-4-33-15(11-37)1-3-31/h8-9,14-16,33H,1-2,4-7,10-13H2,(H,39,40)/t14?,15-,16?/m0/s1. The molecule has 1 amide bonds. The molecule has 220 valence electrons. The number of anilines is 2. The van der Waals surface area contributed by atoms with Crippen molar-refractivity contribution in [1.29, 1.82) is 5.26 Å². The predicted octanol–water partition coefficient (Wildman–Crippen LogP) is 2.75. The van der Waals surface area contributed by atoms with Crippen molar-refractivity contribution in [2.45, 2.75) is 50.2 Å². The van der Waals surface area contributed by atoms with Crippen LogP contribution in [-0.4, -0.2) is 88.6 Å². The molecule has 0 radical (unpaired) electrons. The van der Waals surface area contributed by atoms with Crippen LogP contribution in [0.5, 0.6) is 6.01 Å². The van der Waals surface area contributed by atoms with Crippen molar-refractivity contribution in [1.82, 2.24) is 25.2 Å². The molecule has 0 saturated carbocycles. The summed E-state index contributed by atoms with van der Waals surface area (Å²) >= 11 is 0. The Kier molecular flexibility index (Phi) is 7.98. The summed E-state index contributed by atoms with van der Waals surface area (Å²) in [6, 6.07) is 1.08. The van der Waals surface area contributed by atoms with Gasteiger partial charge in [0, 0.05) is 44.2 Å². The van der Waals surface area contributed by atoms with Gasteiger partial charge in [-0.05, 0) is 6.42 Å². The molecule has 0 bridgehead atoms. The number of likely N-dealkylation sites (tertiary alicyclic amines) is 1. The van der Waals surface area contributed by atoms with Crippen molar-refractivity contribution in [3.05, 3.63) is 35.0 Å². The van der Waals surface area contributed by atoms with Crippen molar-refractivity contribution in [2.24, 2.45) is 0 Å². The first-order valence-corrected chi connectivity index (χ1v) is 13.0. The number of pyridine rings is 1. The number of piperazine rings is 1. The maximum atomic E-state index is 14.3. The number of halogens is 5. The Morgan fingerprint density at radius 3 is 2.76 bits per heavy atom. The van der Waals surface area contributed by atoms with Crippen LogP contribution < -0.4 is 19.9 Å². The van der Waals surface area contributed by atoms with E-state index in [2.05, 4.69) is 26.3 Å². The first-order valence-electron chi connectivity index (χ1n) is 13.0. The smallest absolute Gasteiger partial charge is 0.421 e. The van der Waals surface area contributed by atoms with Crippen LogP contribution in [0.25, 0.3) is 0 Å². The average molecular weight is 583 g/mol. The number of alkyl halides is 4. The van der Waals surface area contributed by atoms with Gasteiger partial charge in [-0.15, -0.1) is 0 Å². The van der Waals surface area contributed by atoms with E-state index in [-0.39, 0.29) is 57.6 Å². The van der Waals surface area contributed by atoms with Gasteiger partial charge in [0.25, 0.3) is 0 Å². The van der Waals surface area contributed by atoms with E-state index in [1.54, 1.807) is 0 Å². The molecule has 3 aliphatic heterocycles. The number of amides is 1. The molecule has 3 atom stereocenters. The van der Waals surface area contributed by atoms with Crippen molar-refractivity contribution < 1.29 is 36.6 Å². The summed E-state index contributed by atoms with van der Waals surface area (Å²) < 4.78 is 75.2. The van der Waals surface area contributed by atoms with Gasteiger partial charge >= 0.3 is 18.3 Å². The molecule has 2 aromatic heterocycles. The molecule has 0 aromatic carbocycles. The minimum Gasteiger partial charge on any atom is -0.465 e. The van der Waals surface area contributed by atoms with Crippen LogP contribution in [0, 0.1) is 17.1 Å². The molecule has 0 spiro atoms. The quantitative estimate of drug-likeness (QED) is 0.491. The number of nitrogens with one attached hydrogen (secondary N) is 1. The predicted molar refractivity (Wildman–Crippen MR) is 134 cm³/mol. The van der Waals surface area contributed by atoms with Crippen LogP contribution in [0.4, 0.5) is 38.3 Å². The second-order valence-electron chi connectivity index (χ2n) is 10.1. The van der Waals surface area contributed by atoms with E-state index in [0.29, 0.717) is 42.9 Å². The SMILES string of the molecule is N#CC[C@H]1CN(c2nc(OCC3CC(F)CN3C(=O)O)nc3c2CCN(c2cncc(F)c2C(F)(F)F)C3)CCN1. The van der Waals surface area contributed by atoms with E-state index in [9.17, 15) is 31.9 Å². The highest BCUT2D eigenvalue weighted by Crippen LogP contribution is 2.40. The van der Waals surface area contributed by atoms with E-state index >= 15 is 0 Å². The van der Waals surface area contributed by atoms with Gasteiger partial charge < -0.3 is 25.0 Å². The van der Waals surface area contributed by atoms with Crippen LogP contribution >= 0.6 is 0 Å². The Balaban J connectivity index is 1.47. The van der Waals surface area contributed by atoms with Gasteiger partial charge in [-0.25, -0.2) is 13.6 Å². The molecule has 5 rings (SSSR count). The lowest BCUT2D eigenvalue weighted by molar-refractivity contribution is -0.139. The third-order valence-corrected chi connectivity index (χ3v) is 7.43. The Bertz CT molecular complexity index is 1340. The van der Waals surface area contributed by atoms with E-state index in [1.807, 2.05) is 4.90 Å². The summed E-state index contributed by atoms with van der Waals surface area (Å²) in [4.78, 5) is 28.4. The fourth-order valence-electron chi connectivity index (χ4n) is 5.55. The van der Waals surface area contributed by atoms with Gasteiger partial charge in [0.1, 0.15) is 24.2 Å². The molecule has 2 fully saturated rings. The van der Waals surface area contributed by atoms with E-state index in [1.165, 1.54) is 4.90 Å². The van der Waals surface area contributed by atoms with Crippen LogP contribution in [0.1, 0.15) is 29.7 Å². The first-order chi connectivity index (χ1) is 19.5. The van der Waals surface area contributed by atoms with Gasteiger partial charge in [-0.2, -0.15) is 28.4 Å². The Hall–Kier alpha value is -4.00. The van der Waals surface area contributed by atoms with Gasteiger partial charge in [0.05, 0.1) is 55.4 Å². The number of ether oxygens (including phenoxy) is 1. The lowest BCUT2D eigenvalue weighted by Gasteiger charge is -2.37. The summed E-state index contributed by atoms with van der Waals surface area (Å²) in [6.07, 6.45) is -5.65. The lowest BCUT2D eigenvalue weighted by atomic mass is 10.0. The summed E-state index contributed by atoms with van der Waals surface area (Å²) in [5.74, 6) is -0.990. The number of rotatable bonds is 6. The van der Waals surface area contributed by atoms with Crippen LogP contribution in [0.2, 0.25) is 0 Å².